The molecule has 188 valence electrons. The van der Waals surface area contributed by atoms with Crippen LogP contribution >= 0.6 is 0 Å². The second-order valence-electron chi connectivity index (χ2n) is 8.78. The van der Waals surface area contributed by atoms with Gasteiger partial charge in [-0.15, -0.1) is 0 Å². The third kappa shape index (κ3) is 5.13. The summed E-state index contributed by atoms with van der Waals surface area (Å²) in [5.74, 6) is 0.514. The molecule has 37 heavy (non-hydrogen) atoms. The Morgan fingerprint density at radius 2 is 1.89 bits per heavy atom. The monoisotopic (exact) mass is 497 g/mol. The summed E-state index contributed by atoms with van der Waals surface area (Å²) in [5.41, 5.74) is 10.9. The highest BCUT2D eigenvalue weighted by Crippen LogP contribution is 2.31. The Morgan fingerprint density at radius 3 is 2.73 bits per heavy atom. The molecule has 0 saturated carbocycles. The lowest BCUT2D eigenvalue weighted by Gasteiger charge is -2.17. The minimum atomic E-state index is -0.244. The minimum absolute atomic E-state index is 0.0269. The van der Waals surface area contributed by atoms with Crippen LogP contribution in [0.25, 0.3) is 22.0 Å². The molecule has 0 fully saturated rings. The number of hydrogen-bond donors (Lipinski definition) is 3. The van der Waals surface area contributed by atoms with Crippen LogP contribution in [-0.4, -0.2) is 58.5 Å². The number of nitrogens with one attached hydrogen (secondary N) is 1. The number of aromatic nitrogens is 2. The van der Waals surface area contributed by atoms with Gasteiger partial charge in [0.1, 0.15) is 18.1 Å². The summed E-state index contributed by atoms with van der Waals surface area (Å²) in [6.45, 7) is 2.59. The van der Waals surface area contributed by atoms with Crippen LogP contribution in [0.5, 0.6) is 5.75 Å². The molecule has 1 aliphatic heterocycles. The number of nitrogen functional groups attached to an aromatic ring is 1. The number of hydrogen-bond acceptors (Lipinski definition) is 8. The molecule has 2 heterocycles. The van der Waals surface area contributed by atoms with Gasteiger partial charge in [-0.2, -0.15) is 0 Å². The van der Waals surface area contributed by atoms with E-state index in [1.807, 2.05) is 48.5 Å². The van der Waals surface area contributed by atoms with E-state index in [1.165, 1.54) is 0 Å². The van der Waals surface area contributed by atoms with Crippen molar-refractivity contribution in [2.75, 3.05) is 32.0 Å². The van der Waals surface area contributed by atoms with Crippen LogP contribution in [0, 0.1) is 0 Å². The van der Waals surface area contributed by atoms with Crippen molar-refractivity contribution in [1.29, 1.82) is 0 Å². The fourth-order valence-electron chi connectivity index (χ4n) is 4.54. The number of aldehydes is 1. The average molecular weight is 498 g/mol. The second kappa shape index (κ2) is 10.7. The van der Waals surface area contributed by atoms with Crippen LogP contribution in [0.4, 0.5) is 5.95 Å². The third-order valence-corrected chi connectivity index (χ3v) is 6.34. The summed E-state index contributed by atoms with van der Waals surface area (Å²) < 4.78 is 5.80. The molecular formula is C28H27N5O4. The molecule has 5 rings (SSSR count). The summed E-state index contributed by atoms with van der Waals surface area (Å²) in [4.78, 5) is 35.6. The maximum Gasteiger partial charge on any atom is 0.273 e. The first-order valence-corrected chi connectivity index (χ1v) is 12.0. The van der Waals surface area contributed by atoms with E-state index in [1.54, 1.807) is 17.0 Å². The number of rotatable bonds is 9. The largest absolute Gasteiger partial charge is 0.492 e. The molecule has 0 atom stereocenters. The molecule has 3 aromatic carbocycles. The highest BCUT2D eigenvalue weighted by molar-refractivity contribution is 6.06. The van der Waals surface area contributed by atoms with Gasteiger partial charge in [-0.3, -0.25) is 9.59 Å². The Morgan fingerprint density at radius 1 is 1.05 bits per heavy atom. The van der Waals surface area contributed by atoms with Crippen molar-refractivity contribution in [3.05, 3.63) is 83.0 Å². The third-order valence-electron chi connectivity index (χ3n) is 6.34. The van der Waals surface area contributed by atoms with Crippen molar-refractivity contribution in [2.45, 2.75) is 13.1 Å². The van der Waals surface area contributed by atoms with E-state index in [2.05, 4.69) is 15.3 Å². The van der Waals surface area contributed by atoms with Crippen LogP contribution in [0.15, 0.2) is 60.7 Å². The summed E-state index contributed by atoms with van der Waals surface area (Å²) in [6.07, 6.45) is 0.816. The Kier molecular flexibility index (Phi) is 7.07. The molecule has 4 aromatic rings. The number of benzene rings is 3. The van der Waals surface area contributed by atoms with E-state index in [-0.39, 0.29) is 24.2 Å². The zero-order chi connectivity index (χ0) is 25.8. The van der Waals surface area contributed by atoms with Gasteiger partial charge in [-0.05, 0) is 46.5 Å². The van der Waals surface area contributed by atoms with Crippen molar-refractivity contribution in [3.63, 3.8) is 0 Å². The van der Waals surface area contributed by atoms with E-state index < -0.39 is 0 Å². The van der Waals surface area contributed by atoms with Gasteiger partial charge >= 0.3 is 0 Å². The lowest BCUT2D eigenvalue weighted by molar-refractivity contribution is 0.0747. The maximum atomic E-state index is 13.7. The van der Waals surface area contributed by atoms with Crippen molar-refractivity contribution in [1.82, 2.24) is 20.2 Å². The summed E-state index contributed by atoms with van der Waals surface area (Å²) >= 11 is 0. The molecule has 9 heteroatoms. The predicted molar refractivity (Wildman–Crippen MR) is 140 cm³/mol. The van der Waals surface area contributed by atoms with Gasteiger partial charge in [0.2, 0.25) is 5.95 Å². The normalized spacial score (nSPS) is 12.5. The number of aliphatic hydroxyl groups excluding tert-OH is 1. The zero-order valence-corrected chi connectivity index (χ0v) is 20.2. The first-order chi connectivity index (χ1) is 18.1. The molecule has 1 aliphatic rings. The number of nitrogens with two attached hydrogens (primary N) is 1. The Balaban J connectivity index is 1.40. The molecule has 0 bridgehead atoms. The van der Waals surface area contributed by atoms with Gasteiger partial charge in [-0.1, -0.05) is 36.4 Å². The van der Waals surface area contributed by atoms with Gasteiger partial charge in [0.05, 0.1) is 12.1 Å². The average Bonchev–Trinajstić information content (AvgIpc) is 3.35. The van der Waals surface area contributed by atoms with E-state index in [9.17, 15) is 9.59 Å². The molecule has 9 nitrogen and oxygen atoms in total. The van der Waals surface area contributed by atoms with E-state index >= 15 is 0 Å². The molecule has 4 N–H and O–H groups in total. The van der Waals surface area contributed by atoms with Crippen molar-refractivity contribution in [2.24, 2.45) is 0 Å². The molecule has 0 aliphatic carbocycles. The number of amides is 1. The molecule has 0 unspecified atom stereocenters. The minimum Gasteiger partial charge on any atom is -0.492 e. The fourth-order valence-corrected chi connectivity index (χ4v) is 4.54. The number of carbonyl (C=O) groups excluding carboxylic acids is 2. The smallest absolute Gasteiger partial charge is 0.273 e. The Hall–Kier alpha value is -4.34. The van der Waals surface area contributed by atoms with Crippen LogP contribution in [0.1, 0.15) is 32.0 Å². The number of nitrogens with zero attached hydrogens (tertiary/aromatic N) is 3. The van der Waals surface area contributed by atoms with Crippen LogP contribution in [0.3, 0.4) is 0 Å². The van der Waals surface area contributed by atoms with Crippen LogP contribution in [0.2, 0.25) is 0 Å². The van der Waals surface area contributed by atoms with Gasteiger partial charge in [0.25, 0.3) is 5.91 Å². The van der Waals surface area contributed by atoms with Crippen molar-refractivity contribution < 1.29 is 19.4 Å². The highest BCUT2D eigenvalue weighted by Gasteiger charge is 2.27. The lowest BCUT2D eigenvalue weighted by Crippen LogP contribution is -2.27. The fraction of sp³-hybridized carbons (Fsp3) is 0.214. The molecule has 0 spiro atoms. The SMILES string of the molecule is Nc1nc(C(=O)N2Cc3ccc(OCCNCCO)cc3C2)c2cc(-c3ccccc3C=O)ccc2n1. The molecular weight excluding hydrogens is 470 g/mol. The van der Waals surface area contributed by atoms with Gasteiger partial charge < -0.3 is 25.8 Å². The van der Waals surface area contributed by atoms with Gasteiger partial charge in [-0.25, -0.2) is 9.97 Å². The summed E-state index contributed by atoms with van der Waals surface area (Å²) in [5, 5.41) is 12.5. The number of carbonyl (C=O) groups is 2. The predicted octanol–water partition coefficient (Wildman–Crippen LogP) is 2.81. The van der Waals surface area contributed by atoms with E-state index in [4.69, 9.17) is 15.6 Å². The molecule has 0 radical (unpaired) electrons. The van der Waals surface area contributed by atoms with Crippen molar-refractivity contribution >= 4 is 29.0 Å². The topological polar surface area (TPSA) is 131 Å². The summed E-state index contributed by atoms with van der Waals surface area (Å²) in [6, 6.07) is 18.6. The standard InChI is InChI=1S/C28H27N5O4/c29-28-31-25-8-6-18(23-4-2-1-3-20(23)17-35)14-24(25)26(32-28)27(36)33-15-19-5-7-22(13-21(19)16-33)37-12-10-30-9-11-34/h1-8,13-14,17,30,34H,9-12,15-16H2,(H2,29,31,32). The van der Waals surface area contributed by atoms with Crippen LogP contribution < -0.4 is 15.8 Å². The van der Waals surface area contributed by atoms with Gasteiger partial charge in [0, 0.05) is 37.1 Å². The van der Waals surface area contributed by atoms with Gasteiger partial charge in [0.15, 0.2) is 6.29 Å². The first-order valence-electron chi connectivity index (χ1n) is 12.0. The van der Waals surface area contributed by atoms with E-state index in [0.29, 0.717) is 49.3 Å². The summed E-state index contributed by atoms with van der Waals surface area (Å²) in [7, 11) is 0. The first kappa shape index (κ1) is 24.4. The molecule has 1 aromatic heterocycles. The molecule has 1 amide bonds. The lowest BCUT2D eigenvalue weighted by atomic mass is 9.98. The maximum absolute atomic E-state index is 13.7. The van der Waals surface area contributed by atoms with E-state index in [0.717, 1.165) is 34.3 Å². The Labute approximate surface area is 213 Å². The van der Waals surface area contributed by atoms with Crippen LogP contribution in [-0.2, 0) is 13.1 Å². The number of ether oxygens (including phenoxy) is 1. The second-order valence-corrected chi connectivity index (χ2v) is 8.78. The van der Waals surface area contributed by atoms with Crippen molar-refractivity contribution in [3.8, 4) is 16.9 Å². The zero-order valence-electron chi connectivity index (χ0n) is 20.2. The number of anilines is 1. The Bertz CT molecular complexity index is 1470. The quantitative estimate of drug-likeness (QED) is 0.238. The number of fused-ring (bicyclic) bond motifs is 2. The number of aliphatic hydroxyl groups is 1. The highest BCUT2D eigenvalue weighted by atomic mass is 16.5. The molecule has 0 saturated heterocycles.